The maximum atomic E-state index is 12.8. The molecule has 0 unspecified atom stereocenters. The lowest BCUT2D eigenvalue weighted by molar-refractivity contribution is -0.268. The van der Waals surface area contributed by atoms with E-state index in [2.05, 4.69) is 17.2 Å². The Morgan fingerprint density at radius 2 is 1.34 bits per heavy atom. The van der Waals surface area contributed by atoms with Crippen LogP contribution in [0.2, 0.25) is 10.0 Å². The number of amides is 1. The molecule has 0 saturated carbocycles. The molecule has 0 saturated heterocycles. The van der Waals surface area contributed by atoms with Gasteiger partial charge in [0.05, 0.1) is 22.1 Å². The first kappa shape index (κ1) is 32.4. The fraction of sp³-hybridized carbons (Fsp3) is 0.567. The lowest BCUT2D eigenvalue weighted by atomic mass is 9.97. The number of nitrogens with one attached hydrogen (secondary N) is 1. The zero-order valence-electron chi connectivity index (χ0n) is 22.6. The number of benzene rings is 1. The highest BCUT2D eigenvalue weighted by Crippen LogP contribution is 2.35. The monoisotopic (exact) mass is 581 g/mol. The van der Waals surface area contributed by atoms with Crippen LogP contribution >= 0.6 is 34.8 Å². The van der Waals surface area contributed by atoms with Crippen molar-refractivity contribution in [2.24, 2.45) is 4.99 Å². The van der Waals surface area contributed by atoms with Gasteiger partial charge in [-0.2, -0.15) is 0 Å². The van der Waals surface area contributed by atoms with Gasteiger partial charge in [0.2, 0.25) is 11.7 Å². The van der Waals surface area contributed by atoms with Gasteiger partial charge in [-0.3, -0.25) is 9.59 Å². The minimum atomic E-state index is -0.475. The van der Waals surface area contributed by atoms with E-state index in [0.717, 1.165) is 19.3 Å². The van der Waals surface area contributed by atoms with E-state index in [4.69, 9.17) is 34.8 Å². The quantitative estimate of drug-likeness (QED) is 0.147. The molecule has 1 amide bonds. The summed E-state index contributed by atoms with van der Waals surface area (Å²) in [6.45, 7) is 4.10. The van der Waals surface area contributed by atoms with Crippen molar-refractivity contribution in [2.45, 2.75) is 110 Å². The Labute approximate surface area is 242 Å². The summed E-state index contributed by atoms with van der Waals surface area (Å²) in [4.78, 5) is 29.8. The van der Waals surface area contributed by atoms with Gasteiger partial charge in [-0.25, -0.2) is 4.99 Å². The van der Waals surface area contributed by atoms with Crippen LogP contribution in [0.15, 0.2) is 39.5 Å². The highest BCUT2D eigenvalue weighted by Gasteiger charge is 2.26. The maximum Gasteiger partial charge on any atom is 0.224 e. The number of Topliss-reactive ketones (excluding diaryl/α,β-unsaturated/α-hetero) is 1. The molecule has 0 heterocycles. The number of carbonyl (C=O) groups is 2. The largest absolute Gasteiger partial charge is 0.870 e. The van der Waals surface area contributed by atoms with Gasteiger partial charge in [0.15, 0.2) is 0 Å². The third kappa shape index (κ3) is 10.7. The van der Waals surface area contributed by atoms with Gasteiger partial charge >= 0.3 is 0 Å². The number of rotatable bonds is 17. The van der Waals surface area contributed by atoms with Crippen LogP contribution in [0, 0.1) is 0 Å². The van der Waals surface area contributed by atoms with Crippen molar-refractivity contribution < 1.29 is 14.7 Å². The highest BCUT2D eigenvalue weighted by molar-refractivity contribution is 6.49. The number of ketones is 1. The van der Waals surface area contributed by atoms with Gasteiger partial charge in [0.25, 0.3) is 0 Å². The first-order valence-electron chi connectivity index (χ1n) is 14.0. The van der Waals surface area contributed by atoms with Crippen LogP contribution in [-0.2, 0) is 9.59 Å². The van der Waals surface area contributed by atoms with Crippen LogP contribution in [0.3, 0.4) is 0 Å². The molecule has 2 rings (SSSR count). The van der Waals surface area contributed by atoms with Gasteiger partial charge < -0.3 is 10.4 Å². The fourth-order valence-corrected chi connectivity index (χ4v) is 5.26. The SMILES string of the molecule is CCCCCCCCCCCCCCCC(=O)NC1=CC(=Nc2cc(Cl)c([O-])c(Cl)c2)C(CC)=C(Cl)C1=O. The fourth-order valence-electron chi connectivity index (χ4n) is 4.45. The number of aliphatic imine (C=N–C) groups is 1. The molecule has 0 fully saturated rings. The van der Waals surface area contributed by atoms with E-state index < -0.39 is 11.5 Å². The average Bonchev–Trinajstić information content (AvgIpc) is 2.88. The molecular weight excluding hydrogens is 543 g/mol. The molecule has 1 aliphatic rings. The molecule has 1 aliphatic carbocycles. The van der Waals surface area contributed by atoms with Crippen LogP contribution in [0.4, 0.5) is 5.69 Å². The molecule has 0 radical (unpaired) electrons. The van der Waals surface area contributed by atoms with Crippen LogP contribution < -0.4 is 10.4 Å². The number of nitrogens with zero attached hydrogens (tertiary/aromatic N) is 1. The summed E-state index contributed by atoms with van der Waals surface area (Å²) >= 11 is 18.3. The molecule has 0 spiro atoms. The van der Waals surface area contributed by atoms with Crippen molar-refractivity contribution in [3.63, 3.8) is 0 Å². The Kier molecular flexibility index (Phi) is 15.1. The second-order valence-corrected chi connectivity index (χ2v) is 11.0. The molecule has 1 aromatic carbocycles. The standard InChI is InChI=1S/C30H41Cl3N2O3/c1-3-5-6-7-8-9-10-11-12-13-14-15-16-17-27(36)35-26-20-25(22(4-2)28(33)30(26)38)34-21-18-23(31)29(37)24(32)19-21/h18-20,37H,3-17H2,1-2H3,(H,35,36)/p-1. The van der Waals surface area contributed by atoms with Crippen molar-refractivity contribution in [3.05, 3.63) is 44.6 Å². The molecule has 0 aromatic heterocycles. The molecule has 210 valence electrons. The second-order valence-electron chi connectivity index (χ2n) is 9.81. The van der Waals surface area contributed by atoms with E-state index in [0.29, 0.717) is 29.8 Å². The molecule has 8 heteroatoms. The summed E-state index contributed by atoms with van der Waals surface area (Å²) in [6, 6.07) is 2.81. The molecule has 1 aromatic rings. The summed E-state index contributed by atoms with van der Waals surface area (Å²) in [6.07, 6.45) is 18.4. The Balaban J connectivity index is 1.80. The second kappa shape index (κ2) is 17.7. The topological polar surface area (TPSA) is 81.6 Å². The molecule has 0 atom stereocenters. The number of allylic oxidation sites excluding steroid dienone is 3. The summed E-state index contributed by atoms with van der Waals surface area (Å²) < 4.78 is 0. The molecule has 0 bridgehead atoms. The molecular formula is C30H40Cl3N2O3-. The number of unbranched alkanes of at least 4 members (excludes halogenated alkanes) is 12. The Hall–Kier alpha value is -1.82. The zero-order valence-corrected chi connectivity index (χ0v) is 24.9. The van der Waals surface area contributed by atoms with Gasteiger partial charge in [0, 0.05) is 22.0 Å². The Morgan fingerprint density at radius 1 is 0.842 bits per heavy atom. The van der Waals surface area contributed by atoms with Gasteiger partial charge in [0.1, 0.15) is 0 Å². The van der Waals surface area contributed by atoms with Crippen LogP contribution in [0.25, 0.3) is 0 Å². The van der Waals surface area contributed by atoms with Crippen LogP contribution in [-0.4, -0.2) is 17.4 Å². The Morgan fingerprint density at radius 3 is 1.84 bits per heavy atom. The van der Waals surface area contributed by atoms with E-state index in [1.165, 1.54) is 82.4 Å². The van der Waals surface area contributed by atoms with Crippen molar-refractivity contribution in [3.8, 4) is 5.75 Å². The first-order chi connectivity index (χ1) is 18.3. The van der Waals surface area contributed by atoms with Gasteiger partial charge in [-0.1, -0.05) is 131 Å². The number of carbonyl (C=O) groups excluding carboxylic acids is 2. The van der Waals surface area contributed by atoms with Gasteiger partial charge in [-0.05, 0) is 31.1 Å². The number of halogens is 3. The predicted octanol–water partition coefficient (Wildman–Crippen LogP) is 9.11. The molecule has 5 nitrogen and oxygen atoms in total. The van der Waals surface area contributed by atoms with E-state index in [1.54, 1.807) is 0 Å². The Bertz CT molecular complexity index is 1020. The number of hydrogen-bond acceptors (Lipinski definition) is 4. The van der Waals surface area contributed by atoms with E-state index in [1.807, 2.05) is 6.92 Å². The minimum Gasteiger partial charge on any atom is -0.870 e. The zero-order chi connectivity index (χ0) is 27.9. The van der Waals surface area contributed by atoms with Gasteiger partial charge in [-0.15, -0.1) is 0 Å². The van der Waals surface area contributed by atoms with E-state index in [9.17, 15) is 14.7 Å². The third-order valence-corrected chi connectivity index (χ3v) is 7.63. The highest BCUT2D eigenvalue weighted by atomic mass is 35.5. The molecule has 0 aliphatic heterocycles. The summed E-state index contributed by atoms with van der Waals surface area (Å²) in [7, 11) is 0. The maximum absolute atomic E-state index is 12.8. The predicted molar refractivity (Wildman–Crippen MR) is 158 cm³/mol. The summed E-state index contributed by atoms with van der Waals surface area (Å²) in [5.41, 5.74) is 1.40. The van der Waals surface area contributed by atoms with Crippen molar-refractivity contribution in [1.82, 2.24) is 5.32 Å². The van der Waals surface area contributed by atoms with E-state index in [-0.39, 0.29) is 26.7 Å². The van der Waals surface area contributed by atoms with E-state index >= 15 is 0 Å². The average molecular weight is 583 g/mol. The smallest absolute Gasteiger partial charge is 0.224 e. The third-order valence-electron chi connectivity index (χ3n) is 6.67. The molecule has 38 heavy (non-hydrogen) atoms. The first-order valence-corrected chi connectivity index (χ1v) is 15.1. The molecule has 1 N–H and O–H groups in total. The summed E-state index contributed by atoms with van der Waals surface area (Å²) in [5, 5.41) is 14.4. The lowest BCUT2D eigenvalue weighted by Gasteiger charge is -2.18. The summed E-state index contributed by atoms with van der Waals surface area (Å²) in [5.74, 6) is -1.14. The number of hydrogen-bond donors (Lipinski definition) is 1. The van der Waals surface area contributed by atoms with Crippen molar-refractivity contribution >= 4 is 57.9 Å². The van der Waals surface area contributed by atoms with Crippen molar-refractivity contribution in [2.75, 3.05) is 0 Å². The minimum absolute atomic E-state index is 0.0163. The van der Waals surface area contributed by atoms with Crippen LogP contribution in [0.5, 0.6) is 5.75 Å². The van der Waals surface area contributed by atoms with Crippen LogP contribution in [0.1, 0.15) is 110 Å². The van der Waals surface area contributed by atoms with Crippen molar-refractivity contribution in [1.29, 1.82) is 0 Å². The lowest BCUT2D eigenvalue weighted by Crippen LogP contribution is -2.31. The normalized spacial score (nSPS) is 14.8.